The van der Waals surface area contributed by atoms with Gasteiger partial charge in [0, 0.05) is 62.0 Å². The number of fused-ring (bicyclic) bond motifs is 1. The minimum absolute atomic E-state index is 0.0816. The van der Waals surface area contributed by atoms with Crippen molar-refractivity contribution in [3.8, 4) is 17.0 Å². The molecule has 5 rings (SSSR count). The smallest absolute Gasteiger partial charge is 0.238 e. The highest BCUT2D eigenvalue weighted by Crippen LogP contribution is 2.41. The summed E-state index contributed by atoms with van der Waals surface area (Å²) in [6.45, 7) is 1.90. The number of benzene rings is 1. The van der Waals surface area contributed by atoms with E-state index in [4.69, 9.17) is 9.72 Å². The zero-order valence-electron chi connectivity index (χ0n) is 18.2. The van der Waals surface area contributed by atoms with Crippen LogP contribution < -0.4 is 14.5 Å². The monoisotopic (exact) mass is 453 g/mol. The molecule has 1 fully saturated rings. The summed E-state index contributed by atoms with van der Waals surface area (Å²) in [4.78, 5) is 14.9. The Morgan fingerprint density at radius 1 is 1.13 bits per heavy atom. The van der Waals surface area contributed by atoms with Gasteiger partial charge in [-0.25, -0.2) is 0 Å². The third-order valence-electron chi connectivity index (χ3n) is 6.26. The molecule has 0 atom stereocenters. The SMILES string of the molecule is CSc1ccc(-c2cc3c(cn2)OC2(CC3)CCN(c3nc(N(C)C)ns3)CC2)cc1. The molecule has 0 radical (unpaired) electrons. The predicted octanol–water partition coefficient (Wildman–Crippen LogP) is 4.75. The van der Waals surface area contributed by atoms with Crippen LogP contribution in [0.2, 0.25) is 0 Å². The molecule has 2 aliphatic rings. The minimum Gasteiger partial charge on any atom is -0.485 e. The van der Waals surface area contributed by atoms with Crippen LogP contribution in [-0.4, -0.2) is 53.4 Å². The van der Waals surface area contributed by atoms with Crippen molar-refractivity contribution < 1.29 is 4.74 Å². The van der Waals surface area contributed by atoms with Crippen LogP contribution in [0.5, 0.6) is 5.75 Å². The molecule has 31 heavy (non-hydrogen) atoms. The first-order chi connectivity index (χ1) is 15.0. The van der Waals surface area contributed by atoms with Gasteiger partial charge in [0.15, 0.2) is 0 Å². The summed E-state index contributed by atoms with van der Waals surface area (Å²) in [5, 5.41) is 1.01. The van der Waals surface area contributed by atoms with Gasteiger partial charge in [-0.05, 0) is 42.9 Å². The van der Waals surface area contributed by atoms with Gasteiger partial charge in [-0.2, -0.15) is 9.36 Å². The van der Waals surface area contributed by atoms with E-state index >= 15 is 0 Å². The summed E-state index contributed by atoms with van der Waals surface area (Å²) in [7, 11) is 3.95. The van der Waals surface area contributed by atoms with Gasteiger partial charge in [0.05, 0.1) is 11.9 Å². The van der Waals surface area contributed by atoms with Crippen LogP contribution >= 0.6 is 23.3 Å². The Morgan fingerprint density at radius 2 is 1.90 bits per heavy atom. The summed E-state index contributed by atoms with van der Waals surface area (Å²) in [5.41, 5.74) is 3.37. The number of pyridine rings is 1. The molecule has 0 unspecified atom stereocenters. The molecule has 0 bridgehead atoms. The molecule has 2 aromatic heterocycles. The predicted molar refractivity (Wildman–Crippen MR) is 129 cm³/mol. The quantitative estimate of drug-likeness (QED) is 0.528. The van der Waals surface area contributed by atoms with E-state index in [0.717, 1.165) is 66.9 Å². The third kappa shape index (κ3) is 4.11. The van der Waals surface area contributed by atoms with Crippen molar-refractivity contribution >= 4 is 34.4 Å². The molecule has 3 aromatic rings. The fraction of sp³-hybridized carbons (Fsp3) is 0.435. The van der Waals surface area contributed by atoms with Crippen molar-refractivity contribution in [2.45, 2.75) is 36.2 Å². The Kier molecular flexibility index (Phi) is 5.52. The summed E-state index contributed by atoms with van der Waals surface area (Å²) in [6.07, 6.45) is 8.12. The molecule has 6 nitrogen and oxygen atoms in total. The second kappa shape index (κ2) is 8.31. The maximum Gasteiger partial charge on any atom is 0.238 e. The molecule has 1 spiro atoms. The van der Waals surface area contributed by atoms with Crippen molar-refractivity contribution in [3.63, 3.8) is 0 Å². The van der Waals surface area contributed by atoms with Gasteiger partial charge < -0.3 is 14.5 Å². The fourth-order valence-corrected chi connectivity index (χ4v) is 5.51. The molecule has 0 aliphatic carbocycles. The first-order valence-electron chi connectivity index (χ1n) is 10.6. The minimum atomic E-state index is -0.0816. The lowest BCUT2D eigenvalue weighted by Gasteiger charge is -2.44. The van der Waals surface area contributed by atoms with Gasteiger partial charge in [0.2, 0.25) is 11.1 Å². The number of aromatic nitrogens is 3. The van der Waals surface area contributed by atoms with E-state index in [1.54, 1.807) is 11.8 Å². The number of anilines is 2. The lowest BCUT2D eigenvalue weighted by Crippen LogP contribution is -2.49. The fourth-order valence-electron chi connectivity index (χ4n) is 4.31. The van der Waals surface area contributed by atoms with Crippen LogP contribution in [-0.2, 0) is 6.42 Å². The van der Waals surface area contributed by atoms with Crippen molar-refractivity contribution in [2.75, 3.05) is 43.2 Å². The van der Waals surface area contributed by atoms with Crippen molar-refractivity contribution in [1.29, 1.82) is 0 Å². The van der Waals surface area contributed by atoms with Crippen LogP contribution in [0, 0.1) is 0 Å². The van der Waals surface area contributed by atoms with E-state index in [2.05, 4.69) is 50.8 Å². The summed E-state index contributed by atoms with van der Waals surface area (Å²) >= 11 is 3.24. The number of rotatable bonds is 4. The van der Waals surface area contributed by atoms with Crippen LogP contribution in [0.3, 0.4) is 0 Å². The van der Waals surface area contributed by atoms with E-state index < -0.39 is 0 Å². The Morgan fingerprint density at radius 3 is 2.58 bits per heavy atom. The third-order valence-corrected chi connectivity index (χ3v) is 7.77. The first-order valence-corrected chi connectivity index (χ1v) is 12.6. The molecule has 0 amide bonds. The summed E-state index contributed by atoms with van der Waals surface area (Å²) < 4.78 is 11.0. The molecule has 0 saturated carbocycles. The lowest BCUT2D eigenvalue weighted by molar-refractivity contribution is 0.0222. The van der Waals surface area contributed by atoms with Crippen molar-refractivity contribution in [2.24, 2.45) is 0 Å². The lowest BCUT2D eigenvalue weighted by atomic mass is 9.83. The molecule has 2 aliphatic heterocycles. The van der Waals surface area contributed by atoms with Gasteiger partial charge in [-0.3, -0.25) is 4.98 Å². The van der Waals surface area contributed by atoms with Gasteiger partial charge in [0.1, 0.15) is 11.4 Å². The number of piperidine rings is 1. The molecule has 1 aromatic carbocycles. The molecule has 162 valence electrons. The highest BCUT2D eigenvalue weighted by atomic mass is 32.2. The molecule has 8 heteroatoms. The molecular formula is C23H27N5OS2. The zero-order chi connectivity index (χ0) is 21.4. The molecular weight excluding hydrogens is 426 g/mol. The van der Waals surface area contributed by atoms with Gasteiger partial charge >= 0.3 is 0 Å². The largest absolute Gasteiger partial charge is 0.485 e. The topological polar surface area (TPSA) is 54.4 Å². The van der Waals surface area contributed by atoms with Crippen LogP contribution in [0.4, 0.5) is 11.1 Å². The van der Waals surface area contributed by atoms with Crippen molar-refractivity contribution in [1.82, 2.24) is 14.3 Å². The average Bonchev–Trinajstić information content (AvgIpc) is 3.30. The Bertz CT molecular complexity index is 1060. The zero-order valence-corrected chi connectivity index (χ0v) is 19.8. The Labute approximate surface area is 191 Å². The number of aryl methyl sites for hydroxylation is 1. The standard InChI is InChI=1S/C23H27N5OS2/c1-27(2)21-25-22(31-26-21)28-12-10-23(11-13-28)9-8-17-14-19(24-15-20(17)29-23)16-4-6-18(30-3)7-5-16/h4-7,14-15H,8-13H2,1-3H3. The maximum atomic E-state index is 6.58. The number of hydrogen-bond donors (Lipinski definition) is 0. The van der Waals surface area contributed by atoms with Crippen molar-refractivity contribution in [3.05, 3.63) is 42.1 Å². The maximum absolute atomic E-state index is 6.58. The summed E-state index contributed by atoms with van der Waals surface area (Å²) in [5.74, 6) is 1.74. The second-order valence-corrected chi connectivity index (χ2v) is 10.1. The van der Waals surface area contributed by atoms with Gasteiger partial charge in [-0.15, -0.1) is 11.8 Å². The number of ether oxygens (including phenoxy) is 1. The van der Waals surface area contributed by atoms with E-state index in [9.17, 15) is 0 Å². The molecule has 4 heterocycles. The highest BCUT2D eigenvalue weighted by Gasteiger charge is 2.40. The van der Waals surface area contributed by atoms with Gasteiger partial charge in [-0.1, -0.05) is 12.1 Å². The highest BCUT2D eigenvalue weighted by molar-refractivity contribution is 7.98. The normalized spacial score (nSPS) is 17.3. The second-order valence-electron chi connectivity index (χ2n) is 8.45. The van der Waals surface area contributed by atoms with Crippen LogP contribution in [0.1, 0.15) is 24.8 Å². The molecule has 1 saturated heterocycles. The van der Waals surface area contributed by atoms with E-state index in [1.165, 1.54) is 22.0 Å². The Hall–Kier alpha value is -2.32. The van der Waals surface area contributed by atoms with E-state index in [0.29, 0.717) is 0 Å². The van der Waals surface area contributed by atoms with Crippen LogP contribution in [0.25, 0.3) is 11.3 Å². The van der Waals surface area contributed by atoms with E-state index in [-0.39, 0.29) is 5.60 Å². The summed E-state index contributed by atoms with van der Waals surface area (Å²) in [6, 6.07) is 10.8. The van der Waals surface area contributed by atoms with E-state index in [1.807, 2.05) is 25.2 Å². The Balaban J connectivity index is 1.27. The average molecular weight is 454 g/mol. The number of hydrogen-bond acceptors (Lipinski definition) is 8. The first kappa shape index (κ1) is 20.6. The number of nitrogens with zero attached hydrogens (tertiary/aromatic N) is 5. The molecule has 0 N–H and O–H groups in total. The van der Waals surface area contributed by atoms with Crippen LogP contribution in [0.15, 0.2) is 41.4 Å². The van der Waals surface area contributed by atoms with Gasteiger partial charge in [0.25, 0.3) is 0 Å². The number of thioether (sulfide) groups is 1.